The molecule has 0 atom stereocenters. The summed E-state index contributed by atoms with van der Waals surface area (Å²) in [7, 11) is 1.65. The third kappa shape index (κ3) is 5.74. The number of aromatic nitrogens is 1. The Bertz CT molecular complexity index is 814. The maximum atomic E-state index is 15.0. The molecule has 1 saturated heterocycles. The lowest BCUT2D eigenvalue weighted by molar-refractivity contribution is 0.181. The number of halogens is 1. The molecule has 2 aromatic rings. The average Bonchev–Trinajstić information content (AvgIpc) is 2.73. The minimum atomic E-state index is -1.09. The van der Waals surface area contributed by atoms with Crippen LogP contribution in [-0.4, -0.2) is 55.2 Å². The van der Waals surface area contributed by atoms with Gasteiger partial charge in [0.25, 0.3) is 0 Å². The van der Waals surface area contributed by atoms with Crippen molar-refractivity contribution in [1.82, 2.24) is 9.71 Å². The summed E-state index contributed by atoms with van der Waals surface area (Å²) in [6, 6.07) is 9.42. The normalized spacial score (nSPS) is 14.1. The van der Waals surface area contributed by atoms with Crippen LogP contribution in [0.5, 0.6) is 0 Å². The molecule has 1 fully saturated rings. The zero-order valence-corrected chi connectivity index (χ0v) is 17.1. The number of carboxylic acid groups (broad SMARTS) is 1. The molecule has 1 amide bonds. The minimum Gasteiger partial charge on any atom is -0.464 e. The number of nitrogens with one attached hydrogen (secondary N) is 1. The fraction of sp³-hybridized carbons (Fsp3) is 0.400. The highest BCUT2D eigenvalue weighted by Gasteiger charge is 2.21. The zero-order valence-electron chi connectivity index (χ0n) is 16.3. The van der Waals surface area contributed by atoms with Gasteiger partial charge in [0.1, 0.15) is 5.82 Å². The number of methoxy groups -OCH3 is 1. The fourth-order valence-corrected chi connectivity index (χ4v) is 3.87. The van der Waals surface area contributed by atoms with Crippen molar-refractivity contribution >= 4 is 29.4 Å². The second-order valence-electron chi connectivity index (χ2n) is 6.67. The molecule has 7 nitrogen and oxygen atoms in total. The molecular formula is C20H25FN4O3S. The molecular weight excluding hydrogens is 395 g/mol. The Kier molecular flexibility index (Phi) is 7.54. The molecule has 29 heavy (non-hydrogen) atoms. The Balaban J connectivity index is 1.57. The van der Waals surface area contributed by atoms with E-state index in [4.69, 9.17) is 9.84 Å². The number of aryl methyl sites for hydroxylation is 1. The third-order valence-corrected chi connectivity index (χ3v) is 5.51. The monoisotopic (exact) mass is 420 g/mol. The van der Waals surface area contributed by atoms with Crippen LogP contribution in [-0.2, 0) is 17.8 Å². The molecule has 2 N–H and O–H groups in total. The second-order valence-corrected chi connectivity index (χ2v) is 7.57. The molecule has 0 spiro atoms. The van der Waals surface area contributed by atoms with Crippen LogP contribution < -0.4 is 14.5 Å². The van der Waals surface area contributed by atoms with Crippen LogP contribution in [0.15, 0.2) is 36.5 Å². The maximum absolute atomic E-state index is 15.0. The van der Waals surface area contributed by atoms with Crippen LogP contribution in [0.1, 0.15) is 11.3 Å². The van der Waals surface area contributed by atoms with Crippen molar-refractivity contribution in [3.8, 4) is 0 Å². The number of benzene rings is 1. The Morgan fingerprint density at radius 2 is 2.00 bits per heavy atom. The van der Waals surface area contributed by atoms with Gasteiger partial charge in [-0.05, 0) is 42.1 Å². The fourth-order valence-electron chi connectivity index (χ4n) is 3.32. The Morgan fingerprint density at radius 1 is 1.24 bits per heavy atom. The largest absolute Gasteiger partial charge is 0.464 e. The summed E-state index contributed by atoms with van der Waals surface area (Å²) in [5.74, 6) is 0.259. The van der Waals surface area contributed by atoms with Gasteiger partial charge in [-0.1, -0.05) is 12.1 Å². The number of nitrogens with zero attached hydrogens (tertiary/aromatic N) is 3. The Labute approximate surface area is 174 Å². The van der Waals surface area contributed by atoms with Crippen LogP contribution >= 0.6 is 11.9 Å². The van der Waals surface area contributed by atoms with Crippen molar-refractivity contribution in [1.29, 1.82) is 0 Å². The lowest BCUT2D eigenvalue weighted by Crippen LogP contribution is -2.47. The Morgan fingerprint density at radius 3 is 2.66 bits per heavy atom. The number of hydrogen-bond acceptors (Lipinski definition) is 6. The van der Waals surface area contributed by atoms with Crippen LogP contribution in [0.25, 0.3) is 0 Å². The van der Waals surface area contributed by atoms with E-state index in [1.165, 1.54) is 0 Å². The molecule has 9 heteroatoms. The summed E-state index contributed by atoms with van der Waals surface area (Å²) in [4.78, 5) is 19.2. The summed E-state index contributed by atoms with van der Waals surface area (Å²) in [6.45, 7) is 3.50. The number of hydrogen-bond donors (Lipinski definition) is 2. The predicted octanol–water partition coefficient (Wildman–Crippen LogP) is 3.15. The number of piperazine rings is 1. The summed E-state index contributed by atoms with van der Waals surface area (Å²) >= 11 is 1.06. The molecule has 0 radical (unpaired) electrons. The summed E-state index contributed by atoms with van der Waals surface area (Å²) in [5.41, 5.74) is 3.15. The molecule has 0 saturated carbocycles. The number of ether oxygens (including phenoxy) is 1. The molecule has 1 aliphatic heterocycles. The highest BCUT2D eigenvalue weighted by atomic mass is 32.2. The maximum Gasteiger partial charge on any atom is 0.414 e. The van der Waals surface area contributed by atoms with Gasteiger partial charge in [0.2, 0.25) is 0 Å². The number of anilines is 2. The van der Waals surface area contributed by atoms with E-state index >= 15 is 0 Å². The van der Waals surface area contributed by atoms with Gasteiger partial charge >= 0.3 is 6.09 Å². The van der Waals surface area contributed by atoms with Crippen molar-refractivity contribution in [2.45, 2.75) is 13.0 Å². The van der Waals surface area contributed by atoms with Crippen molar-refractivity contribution in [3.05, 3.63) is 53.6 Å². The third-order valence-electron chi connectivity index (χ3n) is 4.78. The number of rotatable bonds is 8. The first kappa shape index (κ1) is 21.2. The molecule has 0 bridgehead atoms. The van der Waals surface area contributed by atoms with Gasteiger partial charge in [-0.2, -0.15) is 0 Å². The van der Waals surface area contributed by atoms with Gasteiger partial charge < -0.3 is 19.6 Å². The number of carbonyl (C=O) groups is 1. The van der Waals surface area contributed by atoms with Gasteiger partial charge in [-0.25, -0.2) is 9.18 Å². The van der Waals surface area contributed by atoms with E-state index in [-0.39, 0.29) is 5.82 Å². The summed E-state index contributed by atoms with van der Waals surface area (Å²) in [6.07, 6.45) is 1.23. The van der Waals surface area contributed by atoms with Crippen LogP contribution in [0.3, 0.4) is 0 Å². The molecule has 0 unspecified atom stereocenters. The van der Waals surface area contributed by atoms with E-state index in [0.717, 1.165) is 49.5 Å². The summed E-state index contributed by atoms with van der Waals surface area (Å²) in [5, 5.41) is 8.59. The van der Waals surface area contributed by atoms with E-state index in [2.05, 4.69) is 19.5 Å². The van der Waals surface area contributed by atoms with Gasteiger partial charge in [0.05, 0.1) is 29.9 Å². The van der Waals surface area contributed by atoms with E-state index in [1.807, 2.05) is 24.4 Å². The zero-order chi connectivity index (χ0) is 20.6. The van der Waals surface area contributed by atoms with Crippen LogP contribution in [0.4, 0.5) is 20.6 Å². The standard InChI is InChI=1S/C20H25FN4O3S/c1-28-14-16-5-6-17(13-22-16)24-8-10-25(11-9-24)18-4-2-3-15(19(18)21)7-12-29-23-20(26)27/h2-6,13,23H,7-12,14H2,1H3,(H,26,27). The van der Waals surface area contributed by atoms with Crippen molar-refractivity contribution in [3.63, 3.8) is 0 Å². The van der Waals surface area contributed by atoms with E-state index in [0.29, 0.717) is 30.0 Å². The molecule has 3 rings (SSSR count). The van der Waals surface area contributed by atoms with Gasteiger partial charge in [-0.3, -0.25) is 9.71 Å². The second kappa shape index (κ2) is 10.3. The topological polar surface area (TPSA) is 77.9 Å². The predicted molar refractivity (Wildman–Crippen MR) is 113 cm³/mol. The number of amides is 1. The van der Waals surface area contributed by atoms with Gasteiger partial charge in [0.15, 0.2) is 0 Å². The summed E-state index contributed by atoms with van der Waals surface area (Å²) < 4.78 is 22.3. The van der Waals surface area contributed by atoms with Crippen molar-refractivity contribution in [2.75, 3.05) is 48.8 Å². The van der Waals surface area contributed by atoms with Gasteiger partial charge in [-0.15, -0.1) is 0 Å². The first-order valence-corrected chi connectivity index (χ1v) is 10.4. The first-order valence-electron chi connectivity index (χ1n) is 9.40. The SMILES string of the molecule is COCc1ccc(N2CCN(c3cccc(CCSNC(=O)O)c3F)CC2)cn1. The molecule has 1 aliphatic rings. The average molecular weight is 421 g/mol. The molecule has 1 aromatic carbocycles. The van der Waals surface area contributed by atoms with E-state index < -0.39 is 6.09 Å². The molecule has 0 aliphatic carbocycles. The highest BCUT2D eigenvalue weighted by molar-refractivity contribution is 7.97. The van der Waals surface area contributed by atoms with Crippen LogP contribution in [0, 0.1) is 5.82 Å². The lowest BCUT2D eigenvalue weighted by atomic mass is 10.1. The quantitative estimate of drug-likeness (QED) is 0.502. The molecule has 1 aromatic heterocycles. The van der Waals surface area contributed by atoms with Crippen molar-refractivity contribution < 1.29 is 19.0 Å². The van der Waals surface area contributed by atoms with Crippen LogP contribution in [0.2, 0.25) is 0 Å². The first-order chi connectivity index (χ1) is 14.1. The number of pyridine rings is 1. The van der Waals surface area contributed by atoms with E-state index in [1.54, 1.807) is 19.2 Å². The van der Waals surface area contributed by atoms with E-state index in [9.17, 15) is 9.18 Å². The lowest BCUT2D eigenvalue weighted by Gasteiger charge is -2.37. The van der Waals surface area contributed by atoms with Gasteiger partial charge in [0, 0.05) is 39.0 Å². The molecule has 156 valence electrons. The minimum absolute atomic E-state index is 0.220. The highest BCUT2D eigenvalue weighted by Crippen LogP contribution is 2.25. The van der Waals surface area contributed by atoms with Crippen molar-refractivity contribution in [2.24, 2.45) is 0 Å². The Hall–Kier alpha value is -2.52. The molecule has 2 heterocycles. The smallest absolute Gasteiger partial charge is 0.414 e.